The second-order valence-corrected chi connectivity index (χ2v) is 6.15. The molecule has 27 heavy (non-hydrogen) atoms. The maximum Gasteiger partial charge on any atom is 0.251 e. The molecular weight excluding hydrogens is 346 g/mol. The fraction of sp³-hybridized carbons (Fsp3) is 0.300. The minimum atomic E-state index is -0.222. The third-order valence-corrected chi connectivity index (χ3v) is 4.55. The lowest BCUT2D eigenvalue weighted by Crippen LogP contribution is -2.25. The van der Waals surface area contributed by atoms with E-state index in [9.17, 15) is 4.79 Å². The van der Waals surface area contributed by atoms with E-state index < -0.39 is 0 Å². The van der Waals surface area contributed by atoms with Crippen molar-refractivity contribution in [1.82, 2.24) is 14.9 Å². The van der Waals surface area contributed by atoms with E-state index in [1.165, 1.54) is 0 Å². The summed E-state index contributed by atoms with van der Waals surface area (Å²) in [5.41, 5.74) is 2.44. The standard InChI is InChI=1S/C20H21N3O4/c1-3-23-15-7-5-4-6-14(15)22-18(23)12-21-20(24)13-10-16(25-2)19-17(11-13)26-8-9-27-19/h4-7,10-11H,3,8-9,12H2,1-2H3,(H,21,24). The van der Waals surface area contributed by atoms with Crippen LogP contribution in [0, 0.1) is 0 Å². The molecule has 140 valence electrons. The summed E-state index contributed by atoms with van der Waals surface area (Å²) in [6, 6.07) is 11.3. The Morgan fingerprint density at radius 3 is 2.89 bits per heavy atom. The zero-order valence-corrected chi connectivity index (χ0v) is 15.3. The number of carbonyl (C=O) groups is 1. The van der Waals surface area contributed by atoms with Crippen LogP contribution in [0.2, 0.25) is 0 Å². The molecule has 0 atom stereocenters. The Hall–Kier alpha value is -3.22. The molecule has 2 heterocycles. The SMILES string of the molecule is CCn1c(CNC(=O)c2cc(OC)c3c(c2)OCCO3)nc2ccccc21. The van der Waals surface area contributed by atoms with Gasteiger partial charge in [0.2, 0.25) is 5.75 Å². The van der Waals surface area contributed by atoms with E-state index in [0.717, 1.165) is 23.4 Å². The smallest absolute Gasteiger partial charge is 0.251 e. The van der Waals surface area contributed by atoms with E-state index in [0.29, 0.717) is 42.6 Å². The molecule has 1 aliphatic heterocycles. The van der Waals surface area contributed by atoms with Crippen LogP contribution in [0.15, 0.2) is 36.4 Å². The molecule has 3 aromatic rings. The van der Waals surface area contributed by atoms with E-state index in [1.807, 2.05) is 24.3 Å². The molecule has 1 aliphatic rings. The Balaban J connectivity index is 1.57. The van der Waals surface area contributed by atoms with Gasteiger partial charge in [0.15, 0.2) is 11.5 Å². The van der Waals surface area contributed by atoms with Gasteiger partial charge < -0.3 is 24.1 Å². The van der Waals surface area contributed by atoms with Crippen LogP contribution in [0.1, 0.15) is 23.1 Å². The Kier molecular flexibility index (Phi) is 4.58. The van der Waals surface area contributed by atoms with Gasteiger partial charge in [-0.05, 0) is 31.2 Å². The summed E-state index contributed by atoms with van der Waals surface area (Å²) in [4.78, 5) is 17.3. The van der Waals surface area contributed by atoms with E-state index in [-0.39, 0.29) is 5.91 Å². The number of methoxy groups -OCH3 is 1. The van der Waals surface area contributed by atoms with Crippen LogP contribution in [0.25, 0.3) is 11.0 Å². The molecule has 7 nitrogen and oxygen atoms in total. The number of carbonyl (C=O) groups excluding carboxylic acids is 1. The number of ether oxygens (including phenoxy) is 3. The van der Waals surface area contributed by atoms with Crippen molar-refractivity contribution in [3.05, 3.63) is 47.8 Å². The highest BCUT2D eigenvalue weighted by Crippen LogP contribution is 2.40. The first-order valence-corrected chi connectivity index (χ1v) is 8.91. The van der Waals surface area contributed by atoms with Crippen molar-refractivity contribution in [2.75, 3.05) is 20.3 Å². The Morgan fingerprint density at radius 1 is 1.26 bits per heavy atom. The van der Waals surface area contributed by atoms with Crippen molar-refractivity contribution < 1.29 is 19.0 Å². The number of nitrogens with zero attached hydrogens (tertiary/aromatic N) is 2. The molecule has 0 saturated carbocycles. The number of aryl methyl sites for hydroxylation is 1. The molecule has 0 bridgehead atoms. The molecule has 0 radical (unpaired) electrons. The molecule has 1 amide bonds. The number of amides is 1. The summed E-state index contributed by atoms with van der Waals surface area (Å²) >= 11 is 0. The maximum atomic E-state index is 12.7. The number of benzene rings is 2. The lowest BCUT2D eigenvalue weighted by atomic mass is 10.1. The van der Waals surface area contributed by atoms with Gasteiger partial charge in [-0.25, -0.2) is 4.98 Å². The van der Waals surface area contributed by atoms with Crippen LogP contribution in [-0.2, 0) is 13.1 Å². The maximum absolute atomic E-state index is 12.7. The van der Waals surface area contributed by atoms with Crippen LogP contribution in [0.5, 0.6) is 17.2 Å². The van der Waals surface area contributed by atoms with Gasteiger partial charge >= 0.3 is 0 Å². The molecule has 4 rings (SSSR count). The van der Waals surface area contributed by atoms with Crippen molar-refractivity contribution in [2.45, 2.75) is 20.0 Å². The molecule has 0 fully saturated rings. The first-order chi connectivity index (χ1) is 13.2. The molecule has 0 spiro atoms. The summed E-state index contributed by atoms with van der Waals surface area (Å²) in [6.07, 6.45) is 0. The Morgan fingerprint density at radius 2 is 2.07 bits per heavy atom. The Bertz CT molecular complexity index is 979. The van der Waals surface area contributed by atoms with Crippen molar-refractivity contribution in [2.24, 2.45) is 0 Å². The fourth-order valence-electron chi connectivity index (χ4n) is 3.28. The van der Waals surface area contributed by atoms with Crippen molar-refractivity contribution in [3.8, 4) is 17.2 Å². The van der Waals surface area contributed by atoms with Crippen LogP contribution in [0.4, 0.5) is 0 Å². The van der Waals surface area contributed by atoms with Crippen molar-refractivity contribution in [1.29, 1.82) is 0 Å². The van der Waals surface area contributed by atoms with Crippen molar-refractivity contribution in [3.63, 3.8) is 0 Å². The molecule has 0 unspecified atom stereocenters. The number of nitrogens with one attached hydrogen (secondary N) is 1. The first kappa shape index (κ1) is 17.2. The molecule has 0 aliphatic carbocycles. The second kappa shape index (κ2) is 7.19. The van der Waals surface area contributed by atoms with Gasteiger partial charge in [-0.2, -0.15) is 0 Å². The van der Waals surface area contributed by atoms with Crippen LogP contribution >= 0.6 is 0 Å². The highest BCUT2D eigenvalue weighted by atomic mass is 16.6. The lowest BCUT2D eigenvalue weighted by molar-refractivity contribution is 0.0947. The number of para-hydroxylation sites is 2. The number of imidazole rings is 1. The number of hydrogen-bond acceptors (Lipinski definition) is 5. The minimum absolute atomic E-state index is 0.222. The van der Waals surface area contributed by atoms with Gasteiger partial charge in [0.05, 0.1) is 24.7 Å². The van der Waals surface area contributed by atoms with E-state index in [2.05, 4.69) is 21.8 Å². The number of rotatable bonds is 5. The van der Waals surface area contributed by atoms with Gasteiger partial charge in [0, 0.05) is 12.1 Å². The Labute approximate surface area is 156 Å². The predicted molar refractivity (Wildman–Crippen MR) is 101 cm³/mol. The monoisotopic (exact) mass is 367 g/mol. The van der Waals surface area contributed by atoms with E-state index in [1.54, 1.807) is 19.2 Å². The summed E-state index contributed by atoms with van der Waals surface area (Å²) in [7, 11) is 1.54. The molecule has 0 saturated heterocycles. The highest BCUT2D eigenvalue weighted by Gasteiger charge is 2.21. The normalized spacial score (nSPS) is 12.8. The predicted octanol–water partition coefficient (Wildman–Crippen LogP) is 2.77. The number of aromatic nitrogens is 2. The summed E-state index contributed by atoms with van der Waals surface area (Å²) < 4.78 is 18.6. The highest BCUT2D eigenvalue weighted by molar-refractivity contribution is 5.95. The topological polar surface area (TPSA) is 74.6 Å². The van der Waals surface area contributed by atoms with Crippen molar-refractivity contribution >= 4 is 16.9 Å². The largest absolute Gasteiger partial charge is 0.493 e. The fourth-order valence-corrected chi connectivity index (χ4v) is 3.28. The average Bonchev–Trinajstić information content (AvgIpc) is 3.08. The minimum Gasteiger partial charge on any atom is -0.493 e. The lowest BCUT2D eigenvalue weighted by Gasteiger charge is -2.21. The van der Waals surface area contributed by atoms with Gasteiger partial charge in [0.25, 0.3) is 5.91 Å². The van der Waals surface area contributed by atoms with Gasteiger partial charge in [-0.15, -0.1) is 0 Å². The molecule has 2 aromatic carbocycles. The molecular formula is C20H21N3O4. The third-order valence-electron chi connectivity index (χ3n) is 4.55. The second-order valence-electron chi connectivity index (χ2n) is 6.15. The summed E-state index contributed by atoms with van der Waals surface area (Å²) in [6.45, 7) is 4.08. The molecule has 1 N–H and O–H groups in total. The summed E-state index contributed by atoms with van der Waals surface area (Å²) in [5.74, 6) is 2.13. The molecule has 7 heteroatoms. The van der Waals surface area contributed by atoms with Crippen LogP contribution < -0.4 is 19.5 Å². The molecule has 1 aromatic heterocycles. The van der Waals surface area contributed by atoms with Gasteiger partial charge in [-0.1, -0.05) is 12.1 Å². The average molecular weight is 367 g/mol. The van der Waals surface area contributed by atoms with E-state index in [4.69, 9.17) is 14.2 Å². The quantitative estimate of drug-likeness (QED) is 0.751. The number of hydrogen-bond donors (Lipinski definition) is 1. The zero-order valence-electron chi connectivity index (χ0n) is 15.3. The van der Waals surface area contributed by atoms with Crippen LogP contribution in [0.3, 0.4) is 0 Å². The van der Waals surface area contributed by atoms with Gasteiger partial charge in [-0.3, -0.25) is 4.79 Å². The van der Waals surface area contributed by atoms with E-state index >= 15 is 0 Å². The van der Waals surface area contributed by atoms with Crippen LogP contribution in [-0.4, -0.2) is 35.8 Å². The zero-order chi connectivity index (χ0) is 18.8. The summed E-state index contributed by atoms with van der Waals surface area (Å²) in [5, 5.41) is 2.93. The first-order valence-electron chi connectivity index (χ1n) is 8.91. The third kappa shape index (κ3) is 3.16. The van der Waals surface area contributed by atoms with Gasteiger partial charge in [0.1, 0.15) is 19.0 Å². The number of fused-ring (bicyclic) bond motifs is 2.